The Morgan fingerprint density at radius 2 is 2.20 bits per heavy atom. The van der Waals surface area contributed by atoms with Gasteiger partial charge in [-0.05, 0) is 0 Å². The molecule has 6 heteroatoms. The summed E-state index contributed by atoms with van der Waals surface area (Å²) in [7, 11) is 0. The van der Waals surface area contributed by atoms with E-state index >= 15 is 0 Å². The fourth-order valence-electron chi connectivity index (χ4n) is 0.472. The van der Waals surface area contributed by atoms with Crippen molar-refractivity contribution in [2.24, 2.45) is 5.84 Å². The van der Waals surface area contributed by atoms with E-state index in [1.165, 1.54) is 6.20 Å². The van der Waals surface area contributed by atoms with Crippen LogP contribution in [0.5, 0.6) is 0 Å². The van der Waals surface area contributed by atoms with Crippen molar-refractivity contribution < 1.29 is 0 Å². The molecule has 1 aromatic heterocycles. The van der Waals surface area contributed by atoms with Crippen LogP contribution in [0.15, 0.2) is 6.20 Å². The lowest BCUT2D eigenvalue weighted by Crippen LogP contribution is -2.08. The third-order valence-corrected chi connectivity index (χ3v) is 1.46. The van der Waals surface area contributed by atoms with Crippen LogP contribution >= 0.6 is 23.2 Å². The molecule has 0 spiro atoms. The van der Waals surface area contributed by atoms with Gasteiger partial charge in [-0.15, -0.1) is 5.10 Å². The maximum Gasteiger partial charge on any atom is 0.177 e. The Bertz CT molecular complexity index is 218. The van der Waals surface area contributed by atoms with Gasteiger partial charge in [0.1, 0.15) is 5.69 Å². The van der Waals surface area contributed by atoms with Gasteiger partial charge >= 0.3 is 0 Å². The normalized spacial score (nSPS) is 9.50. The number of aromatic nitrogens is 2. The van der Waals surface area contributed by atoms with Crippen molar-refractivity contribution in [3.8, 4) is 0 Å². The second-order valence-electron chi connectivity index (χ2n) is 1.50. The van der Waals surface area contributed by atoms with Crippen LogP contribution in [0, 0.1) is 0 Å². The third-order valence-electron chi connectivity index (χ3n) is 0.906. The first kappa shape index (κ1) is 7.53. The largest absolute Gasteiger partial charge is 0.320 e. The Morgan fingerprint density at radius 1 is 1.50 bits per heavy atom. The Kier molecular flexibility index (Phi) is 2.26. The zero-order chi connectivity index (χ0) is 7.56. The lowest BCUT2D eigenvalue weighted by atomic mass is 10.5. The quantitative estimate of drug-likeness (QED) is 0.499. The Balaban J connectivity index is 3.17. The van der Waals surface area contributed by atoms with E-state index in [2.05, 4.69) is 15.6 Å². The highest BCUT2D eigenvalue weighted by Gasteiger charge is 2.03. The molecular formula is C4H4Cl2N4. The van der Waals surface area contributed by atoms with E-state index in [4.69, 9.17) is 29.0 Å². The number of hydrogen-bond donors (Lipinski definition) is 2. The van der Waals surface area contributed by atoms with Crippen LogP contribution in [-0.4, -0.2) is 10.2 Å². The second kappa shape index (κ2) is 3.01. The van der Waals surface area contributed by atoms with Crippen LogP contribution < -0.4 is 11.3 Å². The number of rotatable bonds is 1. The molecule has 0 aliphatic rings. The Hall–Kier alpha value is -0.580. The minimum absolute atomic E-state index is 0.162. The molecule has 0 amide bonds. The average Bonchev–Trinajstić information content (AvgIpc) is 1.88. The molecule has 0 saturated heterocycles. The number of halogens is 2. The van der Waals surface area contributed by atoms with Crippen molar-refractivity contribution in [2.75, 3.05) is 5.43 Å². The molecule has 0 unspecified atom stereocenters. The summed E-state index contributed by atoms with van der Waals surface area (Å²) in [6, 6.07) is 0. The minimum Gasteiger partial charge on any atom is -0.320 e. The van der Waals surface area contributed by atoms with Crippen molar-refractivity contribution in [1.29, 1.82) is 0 Å². The zero-order valence-corrected chi connectivity index (χ0v) is 6.32. The fraction of sp³-hybridized carbons (Fsp3) is 0. The number of nitrogens with one attached hydrogen (secondary N) is 1. The van der Waals surface area contributed by atoms with E-state index in [0.717, 1.165) is 0 Å². The summed E-state index contributed by atoms with van der Waals surface area (Å²) in [4.78, 5) is 0. The number of nitrogen functional groups attached to an aromatic ring is 1. The number of nitrogens with zero attached hydrogens (tertiary/aromatic N) is 2. The molecule has 0 aliphatic heterocycles. The molecule has 0 radical (unpaired) electrons. The van der Waals surface area contributed by atoms with Gasteiger partial charge < -0.3 is 5.43 Å². The summed E-state index contributed by atoms with van der Waals surface area (Å²) in [5.41, 5.74) is 2.68. The molecule has 1 rings (SSSR count). The van der Waals surface area contributed by atoms with Crippen LogP contribution in [0.4, 0.5) is 5.69 Å². The zero-order valence-electron chi connectivity index (χ0n) is 4.81. The second-order valence-corrected chi connectivity index (χ2v) is 2.27. The van der Waals surface area contributed by atoms with Crippen LogP contribution in [-0.2, 0) is 0 Å². The maximum absolute atomic E-state index is 5.60. The van der Waals surface area contributed by atoms with Gasteiger partial charge in [0.05, 0.1) is 11.2 Å². The van der Waals surface area contributed by atoms with Gasteiger partial charge in [-0.2, -0.15) is 5.10 Å². The van der Waals surface area contributed by atoms with Gasteiger partial charge in [0.25, 0.3) is 0 Å². The predicted molar refractivity (Wildman–Crippen MR) is 39.9 cm³/mol. The van der Waals surface area contributed by atoms with Gasteiger partial charge in [0.2, 0.25) is 0 Å². The van der Waals surface area contributed by atoms with Crippen LogP contribution in [0.25, 0.3) is 0 Å². The van der Waals surface area contributed by atoms with Crippen molar-refractivity contribution in [3.05, 3.63) is 16.4 Å². The molecule has 1 heterocycles. The van der Waals surface area contributed by atoms with E-state index in [-0.39, 0.29) is 5.15 Å². The predicted octanol–water partition coefficient (Wildman–Crippen LogP) is 1.07. The number of anilines is 1. The maximum atomic E-state index is 5.60. The molecule has 4 nitrogen and oxygen atoms in total. The van der Waals surface area contributed by atoms with Gasteiger partial charge in [0, 0.05) is 0 Å². The SMILES string of the molecule is NNc1c(Cl)cnnc1Cl. The van der Waals surface area contributed by atoms with Crippen molar-refractivity contribution in [3.63, 3.8) is 0 Å². The summed E-state index contributed by atoms with van der Waals surface area (Å²) in [5, 5.41) is 7.49. The summed E-state index contributed by atoms with van der Waals surface area (Å²) < 4.78 is 0. The number of hydrogen-bond acceptors (Lipinski definition) is 4. The average molecular weight is 179 g/mol. The standard InChI is InChI=1S/C4H4Cl2N4/c5-2-1-8-10-4(6)3(2)9-7/h1H,7H2,(H,8,9). The Morgan fingerprint density at radius 3 is 2.60 bits per heavy atom. The first-order valence-electron chi connectivity index (χ1n) is 2.39. The van der Waals surface area contributed by atoms with E-state index in [9.17, 15) is 0 Å². The molecule has 10 heavy (non-hydrogen) atoms. The summed E-state index contributed by atoms with van der Waals surface area (Å²) in [5.74, 6) is 5.06. The van der Waals surface area contributed by atoms with Gasteiger partial charge in [-0.25, -0.2) is 0 Å². The third kappa shape index (κ3) is 1.29. The van der Waals surface area contributed by atoms with Crippen molar-refractivity contribution in [1.82, 2.24) is 10.2 Å². The van der Waals surface area contributed by atoms with Crippen molar-refractivity contribution in [2.45, 2.75) is 0 Å². The summed E-state index contributed by atoms with van der Waals surface area (Å²) >= 11 is 11.1. The van der Waals surface area contributed by atoms with Crippen molar-refractivity contribution >= 4 is 28.9 Å². The van der Waals surface area contributed by atoms with Crippen LogP contribution in [0.3, 0.4) is 0 Å². The van der Waals surface area contributed by atoms with Crippen LogP contribution in [0.1, 0.15) is 0 Å². The fourth-order valence-corrected chi connectivity index (χ4v) is 0.908. The molecule has 0 saturated carbocycles. The lowest BCUT2D eigenvalue weighted by molar-refractivity contribution is 1.03. The highest BCUT2D eigenvalue weighted by Crippen LogP contribution is 2.24. The van der Waals surface area contributed by atoms with Crippen LogP contribution in [0.2, 0.25) is 10.2 Å². The Labute approximate surface area is 67.3 Å². The number of nitrogens with two attached hydrogens (primary N) is 1. The molecular weight excluding hydrogens is 175 g/mol. The highest BCUT2D eigenvalue weighted by atomic mass is 35.5. The van der Waals surface area contributed by atoms with Gasteiger partial charge in [0.15, 0.2) is 5.15 Å². The monoisotopic (exact) mass is 178 g/mol. The first-order valence-corrected chi connectivity index (χ1v) is 3.14. The molecule has 0 atom stereocenters. The molecule has 0 fully saturated rings. The topological polar surface area (TPSA) is 63.8 Å². The van der Waals surface area contributed by atoms with E-state index in [0.29, 0.717) is 10.7 Å². The first-order chi connectivity index (χ1) is 4.75. The number of hydrazine groups is 1. The smallest absolute Gasteiger partial charge is 0.177 e. The summed E-state index contributed by atoms with van der Waals surface area (Å²) in [6.45, 7) is 0. The molecule has 0 aromatic carbocycles. The highest BCUT2D eigenvalue weighted by molar-refractivity contribution is 6.38. The van der Waals surface area contributed by atoms with E-state index in [1.54, 1.807) is 0 Å². The van der Waals surface area contributed by atoms with E-state index < -0.39 is 0 Å². The minimum atomic E-state index is 0.162. The molecule has 3 N–H and O–H groups in total. The lowest BCUT2D eigenvalue weighted by Gasteiger charge is -2.01. The molecule has 54 valence electrons. The van der Waals surface area contributed by atoms with Gasteiger partial charge in [-0.1, -0.05) is 23.2 Å². The molecule has 1 aromatic rings. The molecule has 0 aliphatic carbocycles. The summed E-state index contributed by atoms with van der Waals surface area (Å²) in [6.07, 6.45) is 1.35. The van der Waals surface area contributed by atoms with E-state index in [1.807, 2.05) is 0 Å². The van der Waals surface area contributed by atoms with Gasteiger partial charge in [-0.3, -0.25) is 5.84 Å². The molecule has 0 bridgehead atoms.